The number of para-hydroxylation sites is 1. The van der Waals surface area contributed by atoms with Gasteiger partial charge in [-0.3, -0.25) is 0 Å². The van der Waals surface area contributed by atoms with E-state index in [1.165, 1.54) is 21.6 Å². The Morgan fingerprint density at radius 3 is 1.98 bits per heavy atom. The molecular weight excluding hydrogens is 679 g/mol. The number of hydrogen-bond donors (Lipinski definition) is 0. The van der Waals surface area contributed by atoms with Crippen molar-refractivity contribution in [2.75, 3.05) is 0 Å². The Labute approximate surface area is 316 Å². The van der Waals surface area contributed by atoms with Crippen LogP contribution in [0.5, 0.6) is 0 Å². The second-order valence-electron chi connectivity index (χ2n) is 13.9. The molecule has 1 aliphatic heterocycles. The van der Waals surface area contributed by atoms with Crippen molar-refractivity contribution in [1.29, 1.82) is 0 Å². The number of furan rings is 1. The summed E-state index contributed by atoms with van der Waals surface area (Å²) in [6.07, 6.45) is 8.97. The second kappa shape index (κ2) is 12.5. The molecule has 0 amide bonds. The molecule has 7 aromatic carbocycles. The van der Waals surface area contributed by atoms with E-state index in [0.717, 1.165) is 60.5 Å². The van der Waals surface area contributed by atoms with Gasteiger partial charge in [-0.05, 0) is 63.4 Å². The molecule has 2 atom stereocenters. The van der Waals surface area contributed by atoms with Crippen LogP contribution in [0.4, 0.5) is 0 Å². The molecule has 9 aromatic rings. The summed E-state index contributed by atoms with van der Waals surface area (Å²) in [4.78, 5) is 16.7. The van der Waals surface area contributed by atoms with E-state index in [1.807, 2.05) is 60.3 Å². The molecule has 2 aromatic heterocycles. The van der Waals surface area contributed by atoms with Crippen LogP contribution in [0.1, 0.15) is 11.5 Å². The lowest BCUT2D eigenvalue weighted by Crippen LogP contribution is -2.06. The summed E-state index contributed by atoms with van der Waals surface area (Å²) in [5.74, 6) is 2.25. The van der Waals surface area contributed by atoms with Gasteiger partial charge in [0, 0.05) is 49.1 Å². The van der Waals surface area contributed by atoms with E-state index in [4.69, 9.17) is 19.4 Å². The lowest BCUT2D eigenvalue weighted by atomic mass is 9.90. The van der Waals surface area contributed by atoms with E-state index in [-0.39, 0.29) is 0 Å². The first kappa shape index (κ1) is 31.0. The molecule has 4 nitrogen and oxygen atoms in total. The smallest absolute Gasteiger partial charge is 0.164 e. The van der Waals surface area contributed by atoms with Gasteiger partial charge in [0.05, 0.1) is 0 Å². The molecule has 254 valence electrons. The quantitative estimate of drug-likeness (QED) is 0.178. The normalized spacial score (nSPS) is 15.9. The van der Waals surface area contributed by atoms with Gasteiger partial charge in [-0.15, -0.1) is 11.8 Å². The molecule has 11 rings (SSSR count). The average Bonchev–Trinajstić information content (AvgIpc) is 3.82. The molecule has 2 aliphatic rings. The number of nitrogens with zero attached hydrogens (tertiary/aromatic N) is 3. The Morgan fingerprint density at radius 2 is 1.15 bits per heavy atom. The van der Waals surface area contributed by atoms with Gasteiger partial charge in [0.2, 0.25) is 0 Å². The highest BCUT2D eigenvalue weighted by Gasteiger charge is 2.31. The Hall–Kier alpha value is -6.56. The lowest BCUT2D eigenvalue weighted by Gasteiger charge is -2.15. The maximum atomic E-state index is 6.74. The number of hydrogen-bond acceptors (Lipinski definition) is 5. The van der Waals surface area contributed by atoms with Crippen molar-refractivity contribution in [2.45, 2.75) is 16.1 Å². The van der Waals surface area contributed by atoms with Crippen LogP contribution in [0.3, 0.4) is 0 Å². The summed E-state index contributed by atoms with van der Waals surface area (Å²) in [5, 5.41) is 4.78. The molecule has 0 radical (unpaired) electrons. The monoisotopic (exact) mass is 709 g/mol. The highest BCUT2D eigenvalue weighted by molar-refractivity contribution is 8.00. The van der Waals surface area contributed by atoms with Crippen molar-refractivity contribution >= 4 is 44.5 Å². The van der Waals surface area contributed by atoms with Gasteiger partial charge in [0.25, 0.3) is 0 Å². The Bertz CT molecular complexity index is 2980. The van der Waals surface area contributed by atoms with Gasteiger partial charge in [0.15, 0.2) is 17.5 Å². The van der Waals surface area contributed by atoms with Crippen LogP contribution in [0.15, 0.2) is 185 Å². The van der Waals surface area contributed by atoms with Gasteiger partial charge in [-0.2, -0.15) is 0 Å². The molecule has 0 saturated carbocycles. The maximum absolute atomic E-state index is 6.74. The Kier molecular flexibility index (Phi) is 7.20. The molecule has 3 heterocycles. The highest BCUT2D eigenvalue weighted by atomic mass is 32.2. The molecule has 0 N–H and O–H groups in total. The van der Waals surface area contributed by atoms with Gasteiger partial charge in [-0.1, -0.05) is 146 Å². The van der Waals surface area contributed by atoms with Crippen molar-refractivity contribution in [3.05, 3.63) is 182 Å². The van der Waals surface area contributed by atoms with Gasteiger partial charge >= 0.3 is 0 Å². The van der Waals surface area contributed by atoms with E-state index in [0.29, 0.717) is 28.6 Å². The maximum Gasteiger partial charge on any atom is 0.164 e. The topological polar surface area (TPSA) is 51.8 Å². The highest BCUT2D eigenvalue weighted by Crippen LogP contribution is 2.50. The molecule has 2 unspecified atom stereocenters. The van der Waals surface area contributed by atoms with Crippen LogP contribution in [-0.2, 0) is 0 Å². The van der Waals surface area contributed by atoms with Crippen LogP contribution in [-0.4, -0.2) is 20.2 Å². The fraction of sp³-hybridized carbons (Fsp3) is 0.0408. The lowest BCUT2D eigenvalue weighted by molar-refractivity contribution is 0.670. The van der Waals surface area contributed by atoms with Crippen molar-refractivity contribution in [1.82, 2.24) is 15.0 Å². The molecule has 1 aliphatic carbocycles. The third kappa shape index (κ3) is 5.19. The first-order valence-electron chi connectivity index (χ1n) is 18.3. The summed E-state index contributed by atoms with van der Waals surface area (Å²) in [7, 11) is 0. The zero-order valence-electron chi connectivity index (χ0n) is 29.1. The third-order valence-corrected chi connectivity index (χ3v) is 12.0. The molecule has 0 spiro atoms. The van der Waals surface area contributed by atoms with Crippen LogP contribution in [0.2, 0.25) is 0 Å². The van der Waals surface area contributed by atoms with Crippen molar-refractivity contribution in [2.24, 2.45) is 0 Å². The summed E-state index contributed by atoms with van der Waals surface area (Å²) in [5.41, 5.74) is 10.4. The Balaban J connectivity index is 1.05. The molecule has 0 saturated heterocycles. The zero-order valence-corrected chi connectivity index (χ0v) is 29.9. The van der Waals surface area contributed by atoms with Gasteiger partial charge in [-0.25, -0.2) is 15.0 Å². The SMILES string of the molecule is C1=CC2Sc3ccc(-c4cccc5c4oc4cccc(-c6nc(-c7ccccc7)nc(-c7ccc8cc(-c9ccccc9)ccc8c7)n6)c45)cc3C2C=C1. The number of benzene rings is 7. The number of rotatable bonds is 5. The fourth-order valence-corrected chi connectivity index (χ4v) is 9.33. The minimum Gasteiger partial charge on any atom is -0.455 e. The summed E-state index contributed by atoms with van der Waals surface area (Å²) in [6, 6.07) is 53.1. The first-order valence-corrected chi connectivity index (χ1v) is 19.1. The fourth-order valence-electron chi connectivity index (χ4n) is 8.01. The van der Waals surface area contributed by atoms with E-state index < -0.39 is 0 Å². The van der Waals surface area contributed by atoms with Crippen LogP contribution < -0.4 is 0 Å². The van der Waals surface area contributed by atoms with Crippen molar-refractivity contribution in [3.63, 3.8) is 0 Å². The number of fused-ring (bicyclic) bond motifs is 7. The van der Waals surface area contributed by atoms with E-state index in [1.54, 1.807) is 0 Å². The minimum atomic E-state index is 0.391. The zero-order chi connectivity index (χ0) is 35.6. The number of thioether (sulfide) groups is 1. The first-order chi connectivity index (χ1) is 26.7. The Morgan fingerprint density at radius 1 is 0.481 bits per heavy atom. The van der Waals surface area contributed by atoms with E-state index >= 15 is 0 Å². The molecular formula is C49H31N3OS. The van der Waals surface area contributed by atoms with E-state index in [2.05, 4.69) is 127 Å². The van der Waals surface area contributed by atoms with Crippen molar-refractivity contribution in [3.8, 4) is 56.4 Å². The van der Waals surface area contributed by atoms with Gasteiger partial charge in [0.1, 0.15) is 11.2 Å². The van der Waals surface area contributed by atoms with Crippen molar-refractivity contribution < 1.29 is 4.42 Å². The van der Waals surface area contributed by atoms with E-state index in [9.17, 15) is 0 Å². The predicted octanol–water partition coefficient (Wildman–Crippen LogP) is 12.9. The third-order valence-electron chi connectivity index (χ3n) is 10.7. The summed E-state index contributed by atoms with van der Waals surface area (Å²) >= 11 is 1.95. The molecule has 0 fully saturated rings. The average molecular weight is 710 g/mol. The molecule has 0 bridgehead atoms. The molecule has 5 heteroatoms. The largest absolute Gasteiger partial charge is 0.455 e. The standard InChI is InChI=1S/C49H31N3OS/c1-3-11-30(12-4-1)32-21-22-34-28-36(24-23-33(34)27-32)48-50-47(31-13-5-2-6-14-31)51-49(52-48)40-18-10-19-42-45(40)39-17-9-16-37(46(39)53-42)35-25-26-44-41(29-35)38-15-7-8-20-43(38)54-44/h1-29,38,43H. The minimum absolute atomic E-state index is 0.391. The summed E-state index contributed by atoms with van der Waals surface area (Å²) in [6.45, 7) is 0. The number of allylic oxidation sites excluding steroid dienone is 3. The van der Waals surface area contributed by atoms with Crippen LogP contribution in [0.25, 0.3) is 89.1 Å². The molecule has 54 heavy (non-hydrogen) atoms. The van der Waals surface area contributed by atoms with Crippen LogP contribution in [0, 0.1) is 0 Å². The summed E-state index contributed by atoms with van der Waals surface area (Å²) < 4.78 is 6.74. The van der Waals surface area contributed by atoms with Crippen LogP contribution >= 0.6 is 11.8 Å². The second-order valence-corrected chi connectivity index (χ2v) is 15.1. The predicted molar refractivity (Wildman–Crippen MR) is 222 cm³/mol. The van der Waals surface area contributed by atoms with Gasteiger partial charge < -0.3 is 4.42 Å². The number of aromatic nitrogens is 3.